The van der Waals surface area contributed by atoms with Crippen molar-refractivity contribution in [2.75, 3.05) is 13.6 Å². The summed E-state index contributed by atoms with van der Waals surface area (Å²) in [4.78, 5) is 6.55. The minimum atomic E-state index is 0.111. The highest BCUT2D eigenvalue weighted by Crippen LogP contribution is 2.13. The zero-order valence-corrected chi connectivity index (χ0v) is 11.6. The van der Waals surface area contributed by atoms with E-state index >= 15 is 0 Å². The lowest BCUT2D eigenvalue weighted by molar-refractivity contribution is 0.265. The molecule has 1 heterocycles. The lowest BCUT2D eigenvalue weighted by Gasteiger charge is -2.21. The number of hydrogen-bond acceptors (Lipinski definition) is 3. The summed E-state index contributed by atoms with van der Waals surface area (Å²) in [5.41, 5.74) is 7.20. The standard InChI is InChI=1S/C13H26N4/c1-5-12(14)13-9-15-10-17(13)8-6-7-16(4)11(2)3/h9-12H,5-8,14H2,1-4H3/t12-/m1/s1. The Kier molecular flexibility index (Phi) is 5.65. The Morgan fingerprint density at radius 1 is 1.47 bits per heavy atom. The topological polar surface area (TPSA) is 47.1 Å². The Labute approximate surface area is 105 Å². The minimum Gasteiger partial charge on any atom is -0.333 e. The molecule has 0 unspecified atom stereocenters. The normalized spacial score (nSPS) is 13.6. The van der Waals surface area contributed by atoms with Crippen LogP contribution in [0.2, 0.25) is 0 Å². The van der Waals surface area contributed by atoms with Gasteiger partial charge in [0.05, 0.1) is 12.0 Å². The summed E-state index contributed by atoms with van der Waals surface area (Å²) in [6, 6.07) is 0.718. The molecule has 0 radical (unpaired) electrons. The van der Waals surface area contributed by atoms with Gasteiger partial charge in [0.2, 0.25) is 0 Å². The number of nitrogens with two attached hydrogens (primary N) is 1. The molecule has 0 saturated carbocycles. The molecule has 0 fully saturated rings. The minimum absolute atomic E-state index is 0.111. The fourth-order valence-electron chi connectivity index (χ4n) is 1.78. The number of rotatable bonds is 7. The third kappa shape index (κ3) is 4.13. The largest absolute Gasteiger partial charge is 0.333 e. The number of aryl methyl sites for hydroxylation is 1. The molecule has 0 spiro atoms. The zero-order valence-electron chi connectivity index (χ0n) is 11.6. The summed E-state index contributed by atoms with van der Waals surface area (Å²) in [6.45, 7) is 8.65. The van der Waals surface area contributed by atoms with Crippen LogP contribution in [0.15, 0.2) is 12.5 Å². The van der Waals surface area contributed by atoms with Gasteiger partial charge < -0.3 is 15.2 Å². The van der Waals surface area contributed by atoms with Gasteiger partial charge in [-0.05, 0) is 40.3 Å². The Hall–Kier alpha value is -0.870. The Bertz CT molecular complexity index is 319. The molecule has 0 aliphatic heterocycles. The van der Waals surface area contributed by atoms with E-state index in [1.54, 1.807) is 0 Å². The average molecular weight is 238 g/mol. The van der Waals surface area contributed by atoms with Crippen LogP contribution >= 0.6 is 0 Å². The van der Waals surface area contributed by atoms with Crippen molar-refractivity contribution < 1.29 is 0 Å². The molecule has 1 aromatic rings. The number of nitrogens with zero attached hydrogens (tertiary/aromatic N) is 3. The van der Waals surface area contributed by atoms with Crippen LogP contribution in [0.5, 0.6) is 0 Å². The first-order valence-electron chi connectivity index (χ1n) is 6.52. The second kappa shape index (κ2) is 6.77. The first-order valence-corrected chi connectivity index (χ1v) is 6.52. The fourth-order valence-corrected chi connectivity index (χ4v) is 1.78. The molecule has 1 aromatic heterocycles. The first kappa shape index (κ1) is 14.2. The molecule has 0 saturated heterocycles. The molecule has 4 heteroatoms. The molecule has 17 heavy (non-hydrogen) atoms. The molecule has 0 amide bonds. The van der Waals surface area contributed by atoms with E-state index in [1.165, 1.54) is 0 Å². The van der Waals surface area contributed by atoms with E-state index in [2.05, 4.69) is 42.3 Å². The summed E-state index contributed by atoms with van der Waals surface area (Å²) in [5.74, 6) is 0. The van der Waals surface area contributed by atoms with E-state index in [-0.39, 0.29) is 6.04 Å². The molecule has 0 aliphatic rings. The maximum atomic E-state index is 6.05. The highest BCUT2D eigenvalue weighted by molar-refractivity contribution is 5.04. The lowest BCUT2D eigenvalue weighted by Crippen LogP contribution is -2.28. The van der Waals surface area contributed by atoms with Crippen molar-refractivity contribution >= 4 is 0 Å². The molecule has 1 rings (SSSR count). The van der Waals surface area contributed by atoms with Crippen molar-refractivity contribution in [2.45, 2.75) is 52.2 Å². The molecular weight excluding hydrogens is 212 g/mol. The lowest BCUT2D eigenvalue weighted by atomic mass is 10.2. The molecule has 0 bridgehead atoms. The van der Waals surface area contributed by atoms with E-state index in [0.717, 1.165) is 31.6 Å². The number of imidazole rings is 1. The van der Waals surface area contributed by atoms with Crippen molar-refractivity contribution in [3.8, 4) is 0 Å². The Morgan fingerprint density at radius 2 is 2.18 bits per heavy atom. The van der Waals surface area contributed by atoms with Gasteiger partial charge in [0.15, 0.2) is 0 Å². The van der Waals surface area contributed by atoms with Gasteiger partial charge in [-0.2, -0.15) is 0 Å². The van der Waals surface area contributed by atoms with Crippen LogP contribution in [0.1, 0.15) is 45.3 Å². The van der Waals surface area contributed by atoms with Crippen molar-refractivity contribution in [3.63, 3.8) is 0 Å². The molecule has 0 aromatic carbocycles. The summed E-state index contributed by atoms with van der Waals surface area (Å²) in [6.07, 6.45) is 5.87. The zero-order chi connectivity index (χ0) is 12.8. The quantitative estimate of drug-likeness (QED) is 0.790. The van der Waals surface area contributed by atoms with Crippen LogP contribution in [0.3, 0.4) is 0 Å². The third-order valence-corrected chi connectivity index (χ3v) is 3.36. The summed E-state index contributed by atoms with van der Waals surface area (Å²) in [5, 5.41) is 0. The van der Waals surface area contributed by atoms with Gasteiger partial charge in [-0.15, -0.1) is 0 Å². The van der Waals surface area contributed by atoms with Gasteiger partial charge in [-0.25, -0.2) is 4.98 Å². The van der Waals surface area contributed by atoms with E-state index in [0.29, 0.717) is 6.04 Å². The van der Waals surface area contributed by atoms with E-state index in [1.807, 2.05) is 12.5 Å². The van der Waals surface area contributed by atoms with Crippen molar-refractivity contribution in [2.24, 2.45) is 5.73 Å². The van der Waals surface area contributed by atoms with Gasteiger partial charge in [-0.1, -0.05) is 6.92 Å². The van der Waals surface area contributed by atoms with Crippen LogP contribution in [-0.4, -0.2) is 34.1 Å². The van der Waals surface area contributed by atoms with Crippen LogP contribution in [0.4, 0.5) is 0 Å². The number of aromatic nitrogens is 2. The highest BCUT2D eigenvalue weighted by atomic mass is 15.1. The van der Waals surface area contributed by atoms with E-state index in [9.17, 15) is 0 Å². The first-order chi connectivity index (χ1) is 8.06. The van der Waals surface area contributed by atoms with Gasteiger partial charge in [-0.3, -0.25) is 0 Å². The van der Waals surface area contributed by atoms with Gasteiger partial charge in [0.25, 0.3) is 0 Å². The Balaban J connectivity index is 2.44. The van der Waals surface area contributed by atoms with Crippen LogP contribution in [0, 0.1) is 0 Å². The molecule has 4 nitrogen and oxygen atoms in total. The molecular formula is C13H26N4. The number of hydrogen-bond donors (Lipinski definition) is 1. The van der Waals surface area contributed by atoms with Crippen molar-refractivity contribution in [1.82, 2.24) is 14.5 Å². The maximum absolute atomic E-state index is 6.05. The van der Waals surface area contributed by atoms with E-state index < -0.39 is 0 Å². The molecule has 2 N–H and O–H groups in total. The third-order valence-electron chi connectivity index (χ3n) is 3.36. The van der Waals surface area contributed by atoms with Gasteiger partial charge in [0, 0.05) is 24.8 Å². The van der Waals surface area contributed by atoms with E-state index in [4.69, 9.17) is 5.73 Å². The molecule has 0 aliphatic carbocycles. The molecule has 98 valence electrons. The Morgan fingerprint density at radius 3 is 2.76 bits per heavy atom. The van der Waals surface area contributed by atoms with Crippen LogP contribution < -0.4 is 5.73 Å². The fraction of sp³-hybridized carbons (Fsp3) is 0.769. The average Bonchev–Trinajstić information content (AvgIpc) is 2.76. The second-order valence-electron chi connectivity index (χ2n) is 4.95. The van der Waals surface area contributed by atoms with Gasteiger partial charge in [0.1, 0.15) is 0 Å². The predicted octanol–water partition coefficient (Wildman–Crippen LogP) is 2.02. The molecule has 1 atom stereocenters. The second-order valence-corrected chi connectivity index (χ2v) is 4.95. The van der Waals surface area contributed by atoms with Gasteiger partial charge >= 0.3 is 0 Å². The van der Waals surface area contributed by atoms with Crippen LogP contribution in [0.25, 0.3) is 0 Å². The SMILES string of the molecule is CC[C@@H](N)c1cncn1CCCN(C)C(C)C. The monoisotopic (exact) mass is 238 g/mol. The highest BCUT2D eigenvalue weighted by Gasteiger charge is 2.09. The summed E-state index contributed by atoms with van der Waals surface area (Å²) in [7, 11) is 2.16. The van der Waals surface area contributed by atoms with Crippen LogP contribution in [-0.2, 0) is 6.54 Å². The summed E-state index contributed by atoms with van der Waals surface area (Å²) < 4.78 is 2.18. The van der Waals surface area contributed by atoms with Crippen molar-refractivity contribution in [3.05, 3.63) is 18.2 Å². The van der Waals surface area contributed by atoms with Crippen molar-refractivity contribution in [1.29, 1.82) is 0 Å². The maximum Gasteiger partial charge on any atom is 0.0948 e. The smallest absolute Gasteiger partial charge is 0.0948 e. The predicted molar refractivity (Wildman–Crippen MR) is 71.8 cm³/mol. The summed E-state index contributed by atoms with van der Waals surface area (Å²) >= 11 is 0.